The zero-order valence-corrected chi connectivity index (χ0v) is 8.42. The molecule has 0 aliphatic carbocycles. The van der Waals surface area contributed by atoms with Crippen molar-refractivity contribution < 1.29 is 4.79 Å². The normalized spacial score (nSPS) is 10.2. The molecular weight excluding hydrogens is 190 g/mol. The van der Waals surface area contributed by atoms with Crippen molar-refractivity contribution in [3.63, 3.8) is 0 Å². The minimum Gasteiger partial charge on any atom is -0.303 e. The molecule has 2 aromatic heterocycles. The minimum atomic E-state index is 0.387. The van der Waals surface area contributed by atoms with Gasteiger partial charge in [0.25, 0.3) is 0 Å². The first kappa shape index (κ1) is 9.58. The minimum absolute atomic E-state index is 0.387. The van der Waals surface area contributed by atoms with E-state index in [-0.39, 0.29) is 0 Å². The molecule has 0 saturated carbocycles. The average Bonchev–Trinajstić information content (AvgIpc) is 2.62. The summed E-state index contributed by atoms with van der Waals surface area (Å²) >= 11 is 0. The highest BCUT2D eigenvalue weighted by atomic mass is 16.1. The molecular formula is C11H11N3O. The van der Waals surface area contributed by atoms with Crippen molar-refractivity contribution in [2.24, 2.45) is 7.05 Å². The highest BCUT2D eigenvalue weighted by molar-refractivity contribution is 5.67. The van der Waals surface area contributed by atoms with E-state index in [9.17, 15) is 4.79 Å². The standard InChI is InChI=1S/C11H11N3O/c1-14-8-10(4-6-15)11(13-14)9-3-2-5-12-7-9/h2-3,5-8H,4H2,1H3. The Kier molecular flexibility index (Phi) is 2.58. The number of nitrogens with zero attached hydrogens (tertiary/aromatic N) is 3. The van der Waals surface area contributed by atoms with Gasteiger partial charge in [-0.3, -0.25) is 9.67 Å². The van der Waals surface area contributed by atoms with E-state index >= 15 is 0 Å². The maximum absolute atomic E-state index is 10.5. The van der Waals surface area contributed by atoms with Gasteiger partial charge in [0.1, 0.15) is 6.29 Å². The largest absolute Gasteiger partial charge is 0.303 e. The molecule has 4 heteroatoms. The summed E-state index contributed by atoms with van der Waals surface area (Å²) in [5.74, 6) is 0. The Morgan fingerprint density at radius 3 is 3.07 bits per heavy atom. The number of pyridine rings is 1. The van der Waals surface area contributed by atoms with Crippen LogP contribution in [0.1, 0.15) is 5.56 Å². The molecule has 2 heterocycles. The van der Waals surface area contributed by atoms with Crippen molar-refractivity contribution in [2.45, 2.75) is 6.42 Å². The molecule has 0 bridgehead atoms. The van der Waals surface area contributed by atoms with Gasteiger partial charge in [-0.15, -0.1) is 0 Å². The fraction of sp³-hybridized carbons (Fsp3) is 0.182. The van der Waals surface area contributed by atoms with Gasteiger partial charge < -0.3 is 4.79 Å². The third-order valence-corrected chi connectivity index (χ3v) is 2.14. The molecule has 76 valence electrons. The molecule has 0 unspecified atom stereocenters. The van der Waals surface area contributed by atoms with Gasteiger partial charge in [0, 0.05) is 43.2 Å². The van der Waals surface area contributed by atoms with Crippen molar-refractivity contribution in [1.29, 1.82) is 0 Å². The lowest BCUT2D eigenvalue weighted by Crippen LogP contribution is -1.89. The molecule has 0 atom stereocenters. The molecule has 2 rings (SSSR count). The first-order valence-electron chi connectivity index (χ1n) is 4.68. The third-order valence-electron chi connectivity index (χ3n) is 2.14. The van der Waals surface area contributed by atoms with Crippen LogP contribution in [-0.4, -0.2) is 21.1 Å². The Morgan fingerprint density at radius 1 is 1.53 bits per heavy atom. The maximum atomic E-state index is 10.5. The van der Waals surface area contributed by atoms with Crippen LogP contribution in [0, 0.1) is 0 Å². The van der Waals surface area contributed by atoms with Crippen LogP contribution in [0.2, 0.25) is 0 Å². The topological polar surface area (TPSA) is 47.8 Å². The Hall–Kier alpha value is -1.97. The molecule has 0 aromatic carbocycles. The van der Waals surface area contributed by atoms with Crippen LogP contribution >= 0.6 is 0 Å². The van der Waals surface area contributed by atoms with E-state index in [4.69, 9.17) is 0 Å². The molecule has 0 N–H and O–H groups in total. The summed E-state index contributed by atoms with van der Waals surface area (Å²) in [6.07, 6.45) is 6.59. The van der Waals surface area contributed by atoms with Crippen LogP contribution in [0.15, 0.2) is 30.7 Å². The van der Waals surface area contributed by atoms with Gasteiger partial charge in [-0.1, -0.05) is 0 Å². The number of carbonyl (C=O) groups is 1. The van der Waals surface area contributed by atoms with E-state index in [0.29, 0.717) is 6.42 Å². The van der Waals surface area contributed by atoms with Crippen LogP contribution < -0.4 is 0 Å². The van der Waals surface area contributed by atoms with E-state index in [1.807, 2.05) is 25.4 Å². The number of carbonyl (C=O) groups excluding carboxylic acids is 1. The predicted octanol–water partition coefficient (Wildman–Crippen LogP) is 1.22. The average molecular weight is 201 g/mol. The summed E-state index contributed by atoms with van der Waals surface area (Å²) in [6, 6.07) is 3.79. The van der Waals surface area contributed by atoms with Crippen molar-refractivity contribution in [3.05, 3.63) is 36.3 Å². The molecule has 0 radical (unpaired) electrons. The van der Waals surface area contributed by atoms with Gasteiger partial charge in [0.15, 0.2) is 0 Å². The molecule has 15 heavy (non-hydrogen) atoms. The van der Waals surface area contributed by atoms with Gasteiger partial charge in [-0.05, 0) is 12.1 Å². The summed E-state index contributed by atoms with van der Waals surface area (Å²) in [5, 5.41) is 4.32. The summed E-state index contributed by atoms with van der Waals surface area (Å²) in [4.78, 5) is 14.5. The number of aromatic nitrogens is 3. The Bertz CT molecular complexity index is 462. The summed E-state index contributed by atoms with van der Waals surface area (Å²) in [7, 11) is 1.84. The molecule has 0 amide bonds. The SMILES string of the molecule is Cn1cc(CC=O)c(-c2cccnc2)n1. The van der Waals surface area contributed by atoms with E-state index < -0.39 is 0 Å². The molecule has 0 fully saturated rings. The molecule has 0 spiro atoms. The van der Waals surface area contributed by atoms with Crippen molar-refractivity contribution >= 4 is 6.29 Å². The first-order valence-corrected chi connectivity index (χ1v) is 4.68. The molecule has 0 aliphatic heterocycles. The van der Waals surface area contributed by atoms with E-state index in [2.05, 4.69) is 10.1 Å². The monoisotopic (exact) mass is 201 g/mol. The summed E-state index contributed by atoms with van der Waals surface area (Å²) in [6.45, 7) is 0. The quantitative estimate of drug-likeness (QED) is 0.701. The zero-order chi connectivity index (χ0) is 10.7. The van der Waals surface area contributed by atoms with Gasteiger partial charge in [-0.25, -0.2) is 0 Å². The van der Waals surface area contributed by atoms with Crippen LogP contribution in [-0.2, 0) is 18.3 Å². The van der Waals surface area contributed by atoms with Crippen LogP contribution in [0.5, 0.6) is 0 Å². The second kappa shape index (κ2) is 4.04. The fourth-order valence-electron chi connectivity index (χ4n) is 1.52. The second-order valence-corrected chi connectivity index (χ2v) is 3.29. The Labute approximate surface area is 87.6 Å². The van der Waals surface area contributed by atoms with Crippen molar-refractivity contribution in [1.82, 2.24) is 14.8 Å². The predicted molar refractivity (Wildman–Crippen MR) is 56.2 cm³/mol. The lowest BCUT2D eigenvalue weighted by molar-refractivity contribution is -0.107. The summed E-state index contributed by atoms with van der Waals surface area (Å²) in [5.41, 5.74) is 2.70. The van der Waals surface area contributed by atoms with Crippen molar-refractivity contribution in [3.8, 4) is 11.3 Å². The van der Waals surface area contributed by atoms with Crippen LogP contribution in [0.25, 0.3) is 11.3 Å². The molecule has 0 aliphatic rings. The maximum Gasteiger partial charge on any atom is 0.124 e. The van der Waals surface area contributed by atoms with Crippen molar-refractivity contribution in [2.75, 3.05) is 0 Å². The fourth-order valence-corrected chi connectivity index (χ4v) is 1.52. The van der Waals surface area contributed by atoms with Gasteiger partial charge in [-0.2, -0.15) is 5.10 Å². The first-order chi connectivity index (χ1) is 7.31. The Morgan fingerprint density at radius 2 is 2.40 bits per heavy atom. The molecule has 4 nitrogen and oxygen atoms in total. The number of hydrogen-bond acceptors (Lipinski definition) is 3. The van der Waals surface area contributed by atoms with Gasteiger partial charge in [0.05, 0.1) is 5.69 Å². The number of aldehydes is 1. The zero-order valence-electron chi connectivity index (χ0n) is 8.42. The number of aryl methyl sites for hydroxylation is 1. The lowest BCUT2D eigenvalue weighted by Gasteiger charge is -1.97. The molecule has 0 saturated heterocycles. The lowest BCUT2D eigenvalue weighted by atomic mass is 10.1. The third kappa shape index (κ3) is 1.93. The number of hydrogen-bond donors (Lipinski definition) is 0. The second-order valence-electron chi connectivity index (χ2n) is 3.29. The van der Waals surface area contributed by atoms with E-state index in [1.54, 1.807) is 17.1 Å². The Balaban J connectivity index is 2.47. The summed E-state index contributed by atoms with van der Waals surface area (Å²) < 4.78 is 1.71. The van der Waals surface area contributed by atoms with Crippen LogP contribution in [0.4, 0.5) is 0 Å². The highest BCUT2D eigenvalue weighted by Crippen LogP contribution is 2.20. The number of rotatable bonds is 3. The van der Waals surface area contributed by atoms with Crippen LogP contribution in [0.3, 0.4) is 0 Å². The molecule has 2 aromatic rings. The van der Waals surface area contributed by atoms with E-state index in [1.165, 1.54) is 0 Å². The van der Waals surface area contributed by atoms with E-state index in [0.717, 1.165) is 23.1 Å². The van der Waals surface area contributed by atoms with Gasteiger partial charge >= 0.3 is 0 Å². The van der Waals surface area contributed by atoms with Gasteiger partial charge in [0.2, 0.25) is 0 Å². The smallest absolute Gasteiger partial charge is 0.124 e. The highest BCUT2D eigenvalue weighted by Gasteiger charge is 2.08.